The van der Waals surface area contributed by atoms with Crippen LogP contribution in [0.5, 0.6) is 0 Å². The van der Waals surface area contributed by atoms with Gasteiger partial charge in [-0.1, -0.05) is 27.7 Å². The van der Waals surface area contributed by atoms with Crippen LogP contribution in [0.2, 0.25) is 0 Å². The summed E-state index contributed by atoms with van der Waals surface area (Å²) in [4.78, 5) is 18.4. The third-order valence-electron chi connectivity index (χ3n) is 1.53. The molecule has 0 spiro atoms. The molecule has 0 fully saturated rings. The van der Waals surface area contributed by atoms with E-state index in [2.05, 4.69) is 9.97 Å². The van der Waals surface area contributed by atoms with Crippen LogP contribution in [-0.4, -0.2) is 15.9 Å². The highest BCUT2D eigenvalue weighted by atomic mass is 16.1. The van der Waals surface area contributed by atoms with Gasteiger partial charge >= 0.3 is 0 Å². The summed E-state index contributed by atoms with van der Waals surface area (Å²) in [5.41, 5.74) is 6.16. The zero-order valence-corrected chi connectivity index (χ0v) is 9.11. The molecule has 0 bridgehead atoms. The van der Waals surface area contributed by atoms with E-state index in [9.17, 15) is 4.79 Å². The fourth-order valence-electron chi connectivity index (χ4n) is 0.823. The van der Waals surface area contributed by atoms with Crippen molar-refractivity contribution in [3.8, 4) is 0 Å². The highest BCUT2D eigenvalue weighted by Crippen LogP contribution is 2.10. The van der Waals surface area contributed by atoms with Crippen molar-refractivity contribution < 1.29 is 4.79 Å². The molecule has 4 nitrogen and oxygen atoms in total. The summed E-state index contributed by atoms with van der Waals surface area (Å²) >= 11 is 0. The first-order chi connectivity index (χ1) is 6.61. The number of hydrogen-bond donors (Lipinski definition) is 1. The Morgan fingerprint density at radius 1 is 1.36 bits per heavy atom. The van der Waals surface area contributed by atoms with Gasteiger partial charge in [-0.3, -0.25) is 4.79 Å². The van der Waals surface area contributed by atoms with Crippen molar-refractivity contribution in [2.45, 2.75) is 33.6 Å². The predicted molar refractivity (Wildman–Crippen MR) is 56.0 cm³/mol. The van der Waals surface area contributed by atoms with Crippen LogP contribution in [0.25, 0.3) is 0 Å². The number of aromatic nitrogens is 2. The fraction of sp³-hybridized carbons (Fsp3) is 0.500. The molecular weight excluding hydrogens is 178 g/mol. The van der Waals surface area contributed by atoms with Crippen molar-refractivity contribution in [1.82, 2.24) is 9.97 Å². The molecule has 0 aliphatic heterocycles. The molecule has 1 heterocycles. The van der Waals surface area contributed by atoms with Crippen molar-refractivity contribution in [2.75, 3.05) is 0 Å². The molecule has 0 saturated carbocycles. The number of carbonyl (C=O) groups is 1. The summed E-state index contributed by atoms with van der Waals surface area (Å²) in [6.07, 6.45) is 1.36. The molecule has 1 rings (SSSR count). The van der Waals surface area contributed by atoms with E-state index < -0.39 is 5.91 Å². The Morgan fingerprint density at radius 2 is 1.93 bits per heavy atom. The minimum Gasteiger partial charge on any atom is -0.364 e. The molecule has 1 amide bonds. The Hall–Kier alpha value is -1.45. The van der Waals surface area contributed by atoms with Gasteiger partial charge in [0.15, 0.2) is 0 Å². The number of carbonyl (C=O) groups excluding carboxylic acids is 1. The van der Waals surface area contributed by atoms with E-state index in [4.69, 9.17) is 5.73 Å². The lowest BCUT2D eigenvalue weighted by atomic mass is 10.1. The lowest BCUT2D eigenvalue weighted by Crippen LogP contribution is -2.14. The van der Waals surface area contributed by atoms with Crippen LogP contribution in [0.3, 0.4) is 0 Å². The van der Waals surface area contributed by atoms with Gasteiger partial charge in [-0.25, -0.2) is 9.97 Å². The quantitative estimate of drug-likeness (QED) is 0.781. The van der Waals surface area contributed by atoms with E-state index in [-0.39, 0.29) is 11.6 Å². The number of nitrogens with two attached hydrogens (primary N) is 1. The number of rotatable bonds is 2. The van der Waals surface area contributed by atoms with Crippen LogP contribution >= 0.6 is 0 Å². The monoisotopic (exact) mass is 195 g/mol. The topological polar surface area (TPSA) is 68.9 Å². The first-order valence-corrected chi connectivity index (χ1v) is 4.73. The Balaban J connectivity index is 0.000000791. The van der Waals surface area contributed by atoms with Gasteiger partial charge in [0.2, 0.25) is 0 Å². The van der Waals surface area contributed by atoms with Crippen molar-refractivity contribution in [3.63, 3.8) is 0 Å². The van der Waals surface area contributed by atoms with Gasteiger partial charge in [0, 0.05) is 5.69 Å². The maximum absolute atomic E-state index is 10.7. The van der Waals surface area contributed by atoms with Crippen LogP contribution in [-0.2, 0) is 0 Å². The Morgan fingerprint density at radius 3 is 2.36 bits per heavy atom. The summed E-state index contributed by atoms with van der Waals surface area (Å²) in [5, 5.41) is 0. The highest BCUT2D eigenvalue weighted by Gasteiger charge is 2.05. The Labute approximate surface area is 84.6 Å². The molecule has 0 saturated heterocycles. The molecule has 78 valence electrons. The number of primary amides is 1. The van der Waals surface area contributed by atoms with Crippen LogP contribution < -0.4 is 5.73 Å². The lowest BCUT2D eigenvalue weighted by Gasteiger charge is -2.03. The summed E-state index contributed by atoms with van der Waals surface area (Å²) in [6, 6.07) is 1.62. The molecular formula is C10H17N3O. The molecule has 4 heteroatoms. The minimum atomic E-state index is -0.515. The zero-order valence-electron chi connectivity index (χ0n) is 9.11. The second-order valence-corrected chi connectivity index (χ2v) is 2.85. The summed E-state index contributed by atoms with van der Waals surface area (Å²) < 4.78 is 0. The SMILES string of the molecule is CC.CC(C)c1cc(C(N)=O)ncn1. The van der Waals surface area contributed by atoms with Crippen LogP contribution in [0.4, 0.5) is 0 Å². The summed E-state index contributed by atoms with van der Waals surface area (Å²) in [7, 11) is 0. The van der Waals surface area contributed by atoms with Gasteiger partial charge in [0.05, 0.1) is 0 Å². The normalized spacial score (nSPS) is 9.21. The van der Waals surface area contributed by atoms with Gasteiger partial charge in [-0.15, -0.1) is 0 Å². The number of amides is 1. The van der Waals surface area contributed by atoms with Gasteiger partial charge in [-0.2, -0.15) is 0 Å². The van der Waals surface area contributed by atoms with E-state index in [1.165, 1.54) is 6.33 Å². The first kappa shape index (κ1) is 12.6. The summed E-state index contributed by atoms with van der Waals surface area (Å²) in [5.74, 6) is -0.231. The number of hydrogen-bond acceptors (Lipinski definition) is 3. The van der Waals surface area contributed by atoms with Gasteiger partial charge in [0.25, 0.3) is 5.91 Å². The van der Waals surface area contributed by atoms with Crippen LogP contribution in [0.15, 0.2) is 12.4 Å². The predicted octanol–water partition coefficient (Wildman–Crippen LogP) is 1.73. The second-order valence-electron chi connectivity index (χ2n) is 2.85. The lowest BCUT2D eigenvalue weighted by molar-refractivity contribution is 0.0995. The molecule has 1 aromatic heterocycles. The largest absolute Gasteiger partial charge is 0.364 e. The fourth-order valence-corrected chi connectivity index (χ4v) is 0.823. The molecule has 14 heavy (non-hydrogen) atoms. The van der Waals surface area contributed by atoms with Gasteiger partial charge < -0.3 is 5.73 Å². The molecule has 0 unspecified atom stereocenters. The number of nitrogens with zero attached hydrogens (tertiary/aromatic N) is 2. The van der Waals surface area contributed by atoms with Crippen molar-refractivity contribution in [3.05, 3.63) is 23.8 Å². The minimum absolute atomic E-state index is 0.272. The molecule has 2 N–H and O–H groups in total. The second kappa shape index (κ2) is 6.07. The van der Waals surface area contributed by atoms with E-state index in [1.807, 2.05) is 27.7 Å². The standard InChI is InChI=1S/C8H11N3O.C2H6/c1-5(2)6-3-7(8(9)12)11-4-10-6;1-2/h3-5H,1-2H3,(H2,9,12);1-2H3. The first-order valence-electron chi connectivity index (χ1n) is 4.73. The Kier molecular flexibility index (Phi) is 5.44. The maximum atomic E-state index is 10.7. The zero-order chi connectivity index (χ0) is 11.1. The average Bonchev–Trinajstić information content (AvgIpc) is 2.21. The molecule has 0 aliphatic carbocycles. The molecule has 0 aromatic carbocycles. The van der Waals surface area contributed by atoms with Crippen LogP contribution in [0.1, 0.15) is 49.8 Å². The van der Waals surface area contributed by atoms with E-state index >= 15 is 0 Å². The van der Waals surface area contributed by atoms with Crippen molar-refractivity contribution in [2.24, 2.45) is 5.73 Å². The molecule has 0 atom stereocenters. The molecule has 0 aliphatic rings. The van der Waals surface area contributed by atoms with E-state index in [1.54, 1.807) is 6.07 Å². The van der Waals surface area contributed by atoms with E-state index in [0.717, 1.165) is 5.69 Å². The van der Waals surface area contributed by atoms with Crippen molar-refractivity contribution in [1.29, 1.82) is 0 Å². The van der Waals surface area contributed by atoms with Crippen molar-refractivity contribution >= 4 is 5.91 Å². The third kappa shape index (κ3) is 3.51. The van der Waals surface area contributed by atoms with Gasteiger partial charge in [0.1, 0.15) is 12.0 Å². The molecule has 1 aromatic rings. The van der Waals surface area contributed by atoms with Gasteiger partial charge in [-0.05, 0) is 12.0 Å². The highest BCUT2D eigenvalue weighted by molar-refractivity contribution is 5.90. The third-order valence-corrected chi connectivity index (χ3v) is 1.53. The Bertz CT molecular complexity index is 297. The molecule has 0 radical (unpaired) electrons. The van der Waals surface area contributed by atoms with E-state index in [0.29, 0.717) is 0 Å². The van der Waals surface area contributed by atoms with Crippen LogP contribution in [0, 0.1) is 0 Å². The maximum Gasteiger partial charge on any atom is 0.267 e. The smallest absolute Gasteiger partial charge is 0.267 e. The summed E-state index contributed by atoms with van der Waals surface area (Å²) in [6.45, 7) is 7.99. The average molecular weight is 195 g/mol.